The first-order valence-electron chi connectivity index (χ1n) is 8.20. The van der Waals surface area contributed by atoms with Crippen molar-refractivity contribution in [2.24, 2.45) is 0 Å². The smallest absolute Gasteiger partial charge is 0.480 e. The van der Waals surface area contributed by atoms with E-state index in [1.807, 2.05) is 0 Å². The van der Waals surface area contributed by atoms with Crippen molar-refractivity contribution in [3.63, 3.8) is 0 Å². The van der Waals surface area contributed by atoms with E-state index in [9.17, 15) is 14.7 Å². The van der Waals surface area contributed by atoms with Crippen molar-refractivity contribution in [2.75, 3.05) is 18.0 Å². The Morgan fingerprint density at radius 3 is 2.19 bits per heavy atom. The fraction of sp³-hybridized carbons (Fsp3) is 0.600. The van der Waals surface area contributed by atoms with Crippen LogP contribution in [-0.4, -0.2) is 68.5 Å². The molecule has 0 spiro atoms. The summed E-state index contributed by atoms with van der Waals surface area (Å²) in [5.41, 5.74) is -1.98. The van der Waals surface area contributed by atoms with Gasteiger partial charge in [0.15, 0.2) is 0 Å². The number of carbonyl (C=O) groups is 2. The lowest BCUT2D eigenvalue weighted by Gasteiger charge is -2.39. The summed E-state index contributed by atoms with van der Waals surface area (Å²) < 4.78 is 5.16. The van der Waals surface area contributed by atoms with Crippen LogP contribution in [0.2, 0.25) is 0 Å². The van der Waals surface area contributed by atoms with Crippen LogP contribution >= 0.6 is 0 Å². The molecule has 1 saturated heterocycles. The van der Waals surface area contributed by atoms with E-state index >= 15 is 0 Å². The minimum Gasteiger partial charge on any atom is -0.480 e. The normalized spacial score (nSPS) is 16.7. The number of piperidine rings is 1. The summed E-state index contributed by atoms with van der Waals surface area (Å²) in [5, 5.41) is 30.2. The molecule has 0 aromatic carbocycles. The maximum absolute atomic E-state index is 12.0. The summed E-state index contributed by atoms with van der Waals surface area (Å²) >= 11 is 0. The van der Waals surface area contributed by atoms with E-state index in [4.69, 9.17) is 14.8 Å². The SMILES string of the molecule is CC(C)(C)OC(=O)NC1(C(=O)O)CCN(c2ncc(B(O)O)cn2)CC1. The van der Waals surface area contributed by atoms with Crippen molar-refractivity contribution in [3.8, 4) is 0 Å². The molecule has 1 aromatic heterocycles. The Labute approximate surface area is 151 Å². The summed E-state index contributed by atoms with van der Waals surface area (Å²) in [7, 11) is -1.65. The largest absolute Gasteiger partial charge is 0.491 e. The number of nitrogens with zero attached hydrogens (tertiary/aromatic N) is 3. The number of alkyl carbamates (subject to hydrolysis) is 1. The molecule has 0 bridgehead atoms. The van der Waals surface area contributed by atoms with Crippen LogP contribution in [0.15, 0.2) is 12.4 Å². The third-order valence-corrected chi connectivity index (χ3v) is 4.01. The van der Waals surface area contributed by atoms with Crippen molar-refractivity contribution >= 4 is 30.6 Å². The van der Waals surface area contributed by atoms with E-state index in [1.165, 1.54) is 12.4 Å². The van der Waals surface area contributed by atoms with Gasteiger partial charge in [-0.3, -0.25) is 0 Å². The Balaban J connectivity index is 2.04. The van der Waals surface area contributed by atoms with E-state index in [2.05, 4.69) is 15.3 Å². The number of hydrogen-bond acceptors (Lipinski definition) is 8. The first kappa shape index (κ1) is 19.9. The van der Waals surface area contributed by atoms with Gasteiger partial charge < -0.3 is 30.1 Å². The number of amides is 1. The number of ether oxygens (including phenoxy) is 1. The van der Waals surface area contributed by atoms with Crippen molar-refractivity contribution in [2.45, 2.75) is 44.8 Å². The summed E-state index contributed by atoms with van der Waals surface area (Å²) in [6, 6.07) is 0. The van der Waals surface area contributed by atoms with E-state index in [0.717, 1.165) is 0 Å². The van der Waals surface area contributed by atoms with Crippen LogP contribution in [0.25, 0.3) is 0 Å². The van der Waals surface area contributed by atoms with Gasteiger partial charge in [0.2, 0.25) is 5.95 Å². The molecule has 1 fully saturated rings. The lowest BCUT2D eigenvalue weighted by atomic mass is 9.83. The standard InChI is InChI=1S/C15H23BN4O6/c1-14(2,3)26-13(23)19-15(11(21)22)4-6-20(7-5-15)12-17-8-10(9-18-12)16(24)25/h8-9,24-25H,4-7H2,1-3H3,(H,19,23)(H,21,22). The highest BCUT2D eigenvalue weighted by Crippen LogP contribution is 2.25. The van der Waals surface area contributed by atoms with E-state index in [1.54, 1.807) is 25.7 Å². The number of carboxylic acids is 1. The molecule has 2 heterocycles. The summed E-state index contributed by atoms with van der Waals surface area (Å²) in [5.74, 6) is -0.770. The van der Waals surface area contributed by atoms with Crippen molar-refractivity contribution in [1.82, 2.24) is 15.3 Å². The Hall–Kier alpha value is -2.40. The van der Waals surface area contributed by atoms with Gasteiger partial charge in [-0.15, -0.1) is 0 Å². The average molecular weight is 366 g/mol. The second-order valence-electron chi connectivity index (χ2n) is 7.19. The topological polar surface area (TPSA) is 145 Å². The Morgan fingerprint density at radius 2 is 1.77 bits per heavy atom. The summed E-state index contributed by atoms with van der Waals surface area (Å²) in [4.78, 5) is 33.7. The third kappa shape index (κ3) is 4.82. The number of hydrogen-bond donors (Lipinski definition) is 4. The van der Waals surface area contributed by atoms with Crippen LogP contribution in [-0.2, 0) is 9.53 Å². The molecule has 0 atom stereocenters. The minimum atomic E-state index is -1.65. The molecule has 1 aliphatic rings. The van der Waals surface area contributed by atoms with Crippen LogP contribution in [0.4, 0.5) is 10.7 Å². The summed E-state index contributed by atoms with van der Waals surface area (Å²) in [6.07, 6.45) is 2.12. The molecule has 11 heteroatoms. The van der Waals surface area contributed by atoms with E-state index in [-0.39, 0.29) is 18.3 Å². The summed E-state index contributed by atoms with van der Waals surface area (Å²) in [6.45, 7) is 5.72. The highest BCUT2D eigenvalue weighted by molar-refractivity contribution is 6.58. The van der Waals surface area contributed by atoms with Gasteiger partial charge in [-0.1, -0.05) is 0 Å². The predicted octanol–water partition coefficient (Wildman–Crippen LogP) is -0.895. The lowest BCUT2D eigenvalue weighted by Crippen LogP contribution is -2.60. The second-order valence-corrected chi connectivity index (χ2v) is 7.19. The van der Waals surface area contributed by atoms with Gasteiger partial charge in [0.1, 0.15) is 11.1 Å². The third-order valence-electron chi connectivity index (χ3n) is 4.01. The number of carboxylic acid groups (broad SMARTS) is 1. The minimum absolute atomic E-state index is 0.148. The molecule has 10 nitrogen and oxygen atoms in total. The molecule has 0 aliphatic carbocycles. The fourth-order valence-corrected chi connectivity index (χ4v) is 2.61. The molecule has 0 unspecified atom stereocenters. The fourth-order valence-electron chi connectivity index (χ4n) is 2.61. The first-order valence-corrected chi connectivity index (χ1v) is 8.20. The van der Waals surface area contributed by atoms with E-state index in [0.29, 0.717) is 19.0 Å². The van der Waals surface area contributed by atoms with Crippen LogP contribution in [0.1, 0.15) is 33.6 Å². The van der Waals surface area contributed by atoms with Gasteiger partial charge in [0, 0.05) is 30.9 Å². The van der Waals surface area contributed by atoms with Gasteiger partial charge >= 0.3 is 19.2 Å². The Kier molecular flexibility index (Phi) is 5.72. The van der Waals surface area contributed by atoms with Gasteiger partial charge in [0.05, 0.1) is 0 Å². The van der Waals surface area contributed by atoms with Gasteiger partial charge in [-0.2, -0.15) is 0 Å². The molecular weight excluding hydrogens is 343 g/mol. The lowest BCUT2D eigenvalue weighted by molar-refractivity contribution is -0.145. The van der Waals surface area contributed by atoms with Gasteiger partial charge in [-0.05, 0) is 33.6 Å². The predicted molar refractivity (Wildman–Crippen MR) is 93.0 cm³/mol. The maximum atomic E-state index is 12.0. The Morgan fingerprint density at radius 1 is 1.23 bits per heavy atom. The molecule has 1 aromatic rings. The number of nitrogens with one attached hydrogen (secondary N) is 1. The number of carbonyl (C=O) groups excluding carboxylic acids is 1. The number of rotatable bonds is 4. The monoisotopic (exact) mass is 366 g/mol. The molecule has 1 amide bonds. The quantitative estimate of drug-likeness (QED) is 0.498. The molecule has 26 heavy (non-hydrogen) atoms. The second kappa shape index (κ2) is 7.46. The zero-order chi connectivity index (χ0) is 19.5. The average Bonchev–Trinajstić information content (AvgIpc) is 2.53. The van der Waals surface area contributed by atoms with Gasteiger partial charge in [0.25, 0.3) is 0 Å². The molecule has 0 saturated carbocycles. The highest BCUT2D eigenvalue weighted by Gasteiger charge is 2.44. The van der Waals surface area contributed by atoms with Crippen molar-refractivity contribution in [1.29, 1.82) is 0 Å². The van der Waals surface area contributed by atoms with Crippen molar-refractivity contribution < 1.29 is 29.5 Å². The molecule has 1 aliphatic heterocycles. The molecule has 0 radical (unpaired) electrons. The zero-order valence-electron chi connectivity index (χ0n) is 15.0. The molecule has 4 N–H and O–H groups in total. The molecular formula is C15H23BN4O6. The molecule has 2 rings (SSSR count). The highest BCUT2D eigenvalue weighted by atomic mass is 16.6. The zero-order valence-corrected chi connectivity index (χ0v) is 15.0. The van der Waals surface area contributed by atoms with Crippen molar-refractivity contribution in [3.05, 3.63) is 12.4 Å². The van der Waals surface area contributed by atoms with E-state index < -0.39 is 30.3 Å². The van der Waals surface area contributed by atoms with Crippen LogP contribution in [0.5, 0.6) is 0 Å². The van der Waals surface area contributed by atoms with Crippen LogP contribution in [0.3, 0.4) is 0 Å². The van der Waals surface area contributed by atoms with Crippen LogP contribution < -0.4 is 15.7 Å². The maximum Gasteiger partial charge on any atom is 0.491 e. The first-order chi connectivity index (χ1) is 12.0. The number of aliphatic carboxylic acids is 1. The number of anilines is 1. The Bertz CT molecular complexity index is 653. The number of aromatic nitrogens is 2. The molecule has 142 valence electrons. The van der Waals surface area contributed by atoms with Crippen LogP contribution in [0, 0.1) is 0 Å². The van der Waals surface area contributed by atoms with Gasteiger partial charge in [-0.25, -0.2) is 19.6 Å².